The topological polar surface area (TPSA) is 15.7 Å². The SMILES string of the molecule is CN1CCC(CN(C)CCOCCS)CC1. The Labute approximate surface area is 106 Å². The van der Waals surface area contributed by atoms with Crippen LogP contribution in [0.2, 0.25) is 0 Å². The van der Waals surface area contributed by atoms with Gasteiger partial charge < -0.3 is 14.5 Å². The van der Waals surface area contributed by atoms with E-state index in [1.807, 2.05) is 0 Å². The predicted octanol–water partition coefficient (Wildman–Crippen LogP) is 1.21. The third kappa shape index (κ3) is 6.09. The van der Waals surface area contributed by atoms with Crippen LogP contribution >= 0.6 is 12.6 Å². The lowest BCUT2D eigenvalue weighted by Crippen LogP contribution is -2.36. The lowest BCUT2D eigenvalue weighted by Gasteiger charge is -2.31. The fourth-order valence-electron chi connectivity index (χ4n) is 2.16. The standard InChI is InChI=1S/C12H26N2OS/c1-13-5-3-12(4-6-13)11-14(2)7-8-15-9-10-16/h12,16H,3-11H2,1-2H3. The molecule has 0 N–H and O–H groups in total. The maximum absolute atomic E-state index is 5.43. The first-order valence-electron chi connectivity index (χ1n) is 6.28. The van der Waals surface area contributed by atoms with Gasteiger partial charge in [0.1, 0.15) is 0 Å². The molecular formula is C12H26N2OS. The maximum atomic E-state index is 5.43. The van der Waals surface area contributed by atoms with Crippen LogP contribution in [0.4, 0.5) is 0 Å². The van der Waals surface area contributed by atoms with Crippen molar-refractivity contribution in [2.45, 2.75) is 12.8 Å². The van der Waals surface area contributed by atoms with Crippen LogP contribution in [0.15, 0.2) is 0 Å². The Morgan fingerprint density at radius 2 is 2.00 bits per heavy atom. The molecule has 16 heavy (non-hydrogen) atoms. The van der Waals surface area contributed by atoms with Crippen molar-refractivity contribution in [3.05, 3.63) is 0 Å². The molecule has 1 fully saturated rings. The average Bonchev–Trinajstić information content (AvgIpc) is 2.28. The van der Waals surface area contributed by atoms with Gasteiger partial charge in [-0.05, 0) is 45.9 Å². The summed E-state index contributed by atoms with van der Waals surface area (Å²) in [6.45, 7) is 6.39. The summed E-state index contributed by atoms with van der Waals surface area (Å²) < 4.78 is 5.43. The number of likely N-dealkylation sites (N-methyl/N-ethyl adjacent to an activating group) is 1. The first kappa shape index (κ1) is 14.3. The van der Waals surface area contributed by atoms with Crippen LogP contribution in [-0.4, -0.2) is 69.0 Å². The molecule has 0 aromatic heterocycles. The molecule has 0 radical (unpaired) electrons. The van der Waals surface area contributed by atoms with E-state index in [0.29, 0.717) is 0 Å². The minimum atomic E-state index is 0.769. The summed E-state index contributed by atoms with van der Waals surface area (Å²) >= 11 is 4.12. The molecule has 3 nitrogen and oxygen atoms in total. The van der Waals surface area contributed by atoms with Gasteiger partial charge >= 0.3 is 0 Å². The molecule has 96 valence electrons. The molecule has 0 aromatic rings. The van der Waals surface area contributed by atoms with Crippen LogP contribution in [-0.2, 0) is 4.74 Å². The largest absolute Gasteiger partial charge is 0.379 e. The molecule has 1 saturated heterocycles. The Morgan fingerprint density at radius 3 is 2.62 bits per heavy atom. The Kier molecular flexibility index (Phi) is 7.45. The maximum Gasteiger partial charge on any atom is 0.0593 e. The molecule has 0 saturated carbocycles. The Hall–Kier alpha value is 0.230. The number of likely N-dealkylation sites (tertiary alicyclic amines) is 1. The van der Waals surface area contributed by atoms with E-state index in [2.05, 4.69) is 36.5 Å². The fourth-order valence-corrected chi connectivity index (χ4v) is 2.29. The van der Waals surface area contributed by atoms with Crippen LogP contribution < -0.4 is 0 Å². The number of hydrogen-bond acceptors (Lipinski definition) is 4. The highest BCUT2D eigenvalue weighted by Gasteiger charge is 2.17. The van der Waals surface area contributed by atoms with E-state index >= 15 is 0 Å². The molecule has 0 unspecified atom stereocenters. The number of thiol groups is 1. The second-order valence-corrected chi connectivity index (χ2v) is 5.29. The third-order valence-electron chi connectivity index (χ3n) is 3.26. The van der Waals surface area contributed by atoms with Crippen LogP contribution in [0.3, 0.4) is 0 Å². The van der Waals surface area contributed by atoms with Crippen molar-refractivity contribution in [1.29, 1.82) is 0 Å². The summed E-state index contributed by atoms with van der Waals surface area (Å²) in [7, 11) is 4.41. The molecule has 0 aromatic carbocycles. The van der Waals surface area contributed by atoms with Crippen LogP contribution in [0, 0.1) is 5.92 Å². The van der Waals surface area contributed by atoms with E-state index in [0.717, 1.165) is 31.4 Å². The average molecular weight is 246 g/mol. The monoisotopic (exact) mass is 246 g/mol. The normalized spacial score (nSPS) is 19.5. The number of ether oxygens (including phenoxy) is 1. The van der Waals surface area contributed by atoms with Gasteiger partial charge in [0, 0.05) is 18.8 Å². The smallest absolute Gasteiger partial charge is 0.0593 e. The first-order valence-corrected chi connectivity index (χ1v) is 6.91. The molecular weight excluding hydrogens is 220 g/mol. The van der Waals surface area contributed by atoms with E-state index in [-0.39, 0.29) is 0 Å². The molecule has 1 heterocycles. The fraction of sp³-hybridized carbons (Fsp3) is 1.00. The Balaban J connectivity index is 2.02. The van der Waals surface area contributed by atoms with Crippen molar-refractivity contribution < 1.29 is 4.74 Å². The zero-order valence-corrected chi connectivity index (χ0v) is 11.6. The molecule has 0 atom stereocenters. The second kappa shape index (κ2) is 8.34. The molecule has 4 heteroatoms. The lowest BCUT2D eigenvalue weighted by atomic mass is 9.97. The quantitative estimate of drug-likeness (QED) is 0.537. The van der Waals surface area contributed by atoms with E-state index in [4.69, 9.17) is 4.74 Å². The van der Waals surface area contributed by atoms with E-state index in [9.17, 15) is 0 Å². The van der Waals surface area contributed by atoms with Crippen molar-refractivity contribution in [2.24, 2.45) is 5.92 Å². The number of rotatable bonds is 7. The molecule has 0 bridgehead atoms. The summed E-state index contributed by atoms with van der Waals surface area (Å²) in [5, 5.41) is 0. The molecule has 1 aliphatic rings. The van der Waals surface area contributed by atoms with Crippen molar-refractivity contribution in [1.82, 2.24) is 9.80 Å². The van der Waals surface area contributed by atoms with Gasteiger partial charge in [-0.25, -0.2) is 0 Å². The highest BCUT2D eigenvalue weighted by molar-refractivity contribution is 7.80. The van der Waals surface area contributed by atoms with E-state index in [1.165, 1.54) is 32.5 Å². The summed E-state index contributed by atoms with van der Waals surface area (Å²) in [6.07, 6.45) is 2.69. The Morgan fingerprint density at radius 1 is 1.31 bits per heavy atom. The van der Waals surface area contributed by atoms with Crippen molar-refractivity contribution in [2.75, 3.05) is 59.2 Å². The van der Waals surface area contributed by atoms with Gasteiger partial charge in [-0.15, -0.1) is 0 Å². The van der Waals surface area contributed by atoms with Gasteiger partial charge in [-0.1, -0.05) is 0 Å². The van der Waals surface area contributed by atoms with Crippen LogP contribution in [0.5, 0.6) is 0 Å². The lowest BCUT2D eigenvalue weighted by molar-refractivity contribution is 0.110. The molecule has 1 aliphatic heterocycles. The van der Waals surface area contributed by atoms with Crippen molar-refractivity contribution in [3.63, 3.8) is 0 Å². The third-order valence-corrected chi connectivity index (χ3v) is 3.44. The van der Waals surface area contributed by atoms with Crippen molar-refractivity contribution in [3.8, 4) is 0 Å². The summed E-state index contributed by atoms with van der Waals surface area (Å²) in [5.74, 6) is 1.70. The first-order chi connectivity index (χ1) is 7.72. The zero-order valence-electron chi connectivity index (χ0n) is 10.7. The van der Waals surface area contributed by atoms with Crippen LogP contribution in [0.1, 0.15) is 12.8 Å². The van der Waals surface area contributed by atoms with Gasteiger partial charge in [-0.2, -0.15) is 12.6 Å². The molecule has 0 amide bonds. The van der Waals surface area contributed by atoms with Gasteiger partial charge in [0.2, 0.25) is 0 Å². The highest BCUT2D eigenvalue weighted by Crippen LogP contribution is 2.16. The highest BCUT2D eigenvalue weighted by atomic mass is 32.1. The molecule has 0 spiro atoms. The summed E-state index contributed by atoms with van der Waals surface area (Å²) in [6, 6.07) is 0. The van der Waals surface area contributed by atoms with Gasteiger partial charge in [0.15, 0.2) is 0 Å². The van der Waals surface area contributed by atoms with E-state index in [1.54, 1.807) is 0 Å². The number of piperidine rings is 1. The summed E-state index contributed by atoms with van der Waals surface area (Å²) in [5.41, 5.74) is 0. The van der Waals surface area contributed by atoms with Crippen LogP contribution in [0.25, 0.3) is 0 Å². The minimum absolute atomic E-state index is 0.769. The second-order valence-electron chi connectivity index (χ2n) is 4.84. The number of hydrogen-bond donors (Lipinski definition) is 1. The van der Waals surface area contributed by atoms with Crippen molar-refractivity contribution >= 4 is 12.6 Å². The summed E-state index contributed by atoms with van der Waals surface area (Å²) in [4.78, 5) is 4.82. The predicted molar refractivity (Wildman–Crippen MR) is 72.4 cm³/mol. The zero-order chi connectivity index (χ0) is 11.8. The Bertz CT molecular complexity index is 172. The minimum Gasteiger partial charge on any atom is -0.379 e. The number of nitrogens with zero attached hydrogens (tertiary/aromatic N) is 2. The molecule has 1 rings (SSSR count). The van der Waals surface area contributed by atoms with E-state index < -0.39 is 0 Å². The molecule has 0 aliphatic carbocycles. The van der Waals surface area contributed by atoms with Gasteiger partial charge in [0.05, 0.1) is 13.2 Å². The van der Waals surface area contributed by atoms with Gasteiger partial charge in [-0.3, -0.25) is 0 Å². The van der Waals surface area contributed by atoms with Gasteiger partial charge in [0.25, 0.3) is 0 Å².